The number of carbonyl (C=O) groups excluding carboxylic acids is 1. The maximum absolute atomic E-state index is 12.0. The summed E-state index contributed by atoms with van der Waals surface area (Å²) in [4.78, 5) is 12.0. The quantitative estimate of drug-likeness (QED) is 0.868. The van der Waals surface area contributed by atoms with Crippen LogP contribution in [0.25, 0.3) is 0 Å². The maximum atomic E-state index is 12.0. The third-order valence-electron chi connectivity index (χ3n) is 3.96. The van der Waals surface area contributed by atoms with Crippen molar-refractivity contribution in [2.45, 2.75) is 44.6 Å². The molecule has 0 aromatic heterocycles. The van der Waals surface area contributed by atoms with Crippen LogP contribution >= 0.6 is 23.2 Å². The van der Waals surface area contributed by atoms with Crippen LogP contribution in [0.5, 0.6) is 0 Å². The first-order valence-corrected chi connectivity index (χ1v) is 8.10. The molecular weight excluding hydrogens is 307 g/mol. The van der Waals surface area contributed by atoms with E-state index in [9.17, 15) is 4.79 Å². The van der Waals surface area contributed by atoms with Gasteiger partial charge in [-0.2, -0.15) is 0 Å². The first-order chi connectivity index (χ1) is 9.90. The Morgan fingerprint density at radius 3 is 2.62 bits per heavy atom. The number of benzene rings is 1. The van der Waals surface area contributed by atoms with Crippen molar-refractivity contribution in [2.75, 3.05) is 13.1 Å². The highest BCUT2D eigenvalue weighted by Crippen LogP contribution is 2.35. The van der Waals surface area contributed by atoms with Crippen LogP contribution in [0.1, 0.15) is 38.7 Å². The molecule has 1 fully saturated rings. The molecule has 1 aromatic carbocycles. The third kappa shape index (κ3) is 4.35. The first-order valence-electron chi connectivity index (χ1n) is 7.35. The van der Waals surface area contributed by atoms with E-state index < -0.39 is 0 Å². The van der Waals surface area contributed by atoms with Crippen LogP contribution in [0.2, 0.25) is 10.0 Å². The van der Waals surface area contributed by atoms with E-state index in [-0.39, 0.29) is 11.3 Å². The minimum Gasteiger partial charge on any atom is -0.355 e. The molecule has 1 amide bonds. The lowest BCUT2D eigenvalue weighted by Gasteiger charge is -2.28. The average Bonchev–Trinajstić information content (AvgIpc) is 2.89. The van der Waals surface area contributed by atoms with E-state index in [1.165, 1.54) is 0 Å². The van der Waals surface area contributed by atoms with Crippen LogP contribution in [0.4, 0.5) is 0 Å². The molecule has 0 aliphatic carbocycles. The van der Waals surface area contributed by atoms with E-state index in [1.807, 2.05) is 32.0 Å². The van der Waals surface area contributed by atoms with Crippen molar-refractivity contribution in [1.29, 1.82) is 0 Å². The topological polar surface area (TPSA) is 41.1 Å². The molecule has 21 heavy (non-hydrogen) atoms. The van der Waals surface area contributed by atoms with Gasteiger partial charge in [0.2, 0.25) is 5.91 Å². The Labute approximate surface area is 136 Å². The van der Waals surface area contributed by atoms with E-state index in [2.05, 4.69) is 10.6 Å². The molecule has 1 aliphatic heterocycles. The summed E-state index contributed by atoms with van der Waals surface area (Å²) >= 11 is 12.5. The minimum absolute atomic E-state index is 0.0747. The fourth-order valence-electron chi connectivity index (χ4n) is 2.78. The molecule has 0 radical (unpaired) electrons. The molecule has 1 heterocycles. The highest BCUT2D eigenvalue weighted by molar-refractivity contribution is 6.36. The van der Waals surface area contributed by atoms with Gasteiger partial charge in [-0.3, -0.25) is 4.79 Å². The highest BCUT2D eigenvalue weighted by atomic mass is 35.5. The number of halogens is 2. The predicted octanol–water partition coefficient (Wildman–Crippen LogP) is 3.53. The zero-order chi connectivity index (χ0) is 15.5. The normalized spacial score (nSPS) is 18.8. The van der Waals surface area contributed by atoms with Gasteiger partial charge in [-0.05, 0) is 37.1 Å². The van der Waals surface area contributed by atoms with Gasteiger partial charge < -0.3 is 10.6 Å². The van der Waals surface area contributed by atoms with Gasteiger partial charge in [0.05, 0.1) is 0 Å². The predicted molar refractivity (Wildman–Crippen MR) is 88.1 cm³/mol. The number of carbonyl (C=O) groups is 1. The summed E-state index contributed by atoms with van der Waals surface area (Å²) in [5, 5.41) is 7.61. The van der Waals surface area contributed by atoms with E-state index in [0.717, 1.165) is 24.9 Å². The summed E-state index contributed by atoms with van der Waals surface area (Å²) < 4.78 is 0. The van der Waals surface area contributed by atoms with Crippen LogP contribution in [-0.2, 0) is 10.2 Å². The van der Waals surface area contributed by atoms with Gasteiger partial charge in [-0.1, -0.05) is 43.1 Å². The van der Waals surface area contributed by atoms with Gasteiger partial charge >= 0.3 is 0 Å². The standard InChI is InChI=1S/C16H22Cl2N2O/c1-16(2,15-12(17)6-3-7-13(15)18)10-20-14(21)9-11-5-4-8-19-11/h3,6-7,11,19H,4-5,8-10H2,1-2H3,(H,20,21). The summed E-state index contributed by atoms with van der Waals surface area (Å²) in [6.07, 6.45) is 2.76. The summed E-state index contributed by atoms with van der Waals surface area (Å²) in [6, 6.07) is 5.80. The smallest absolute Gasteiger partial charge is 0.221 e. The second-order valence-electron chi connectivity index (χ2n) is 6.25. The molecule has 0 saturated carbocycles. The molecule has 3 nitrogen and oxygen atoms in total. The van der Waals surface area contributed by atoms with Crippen molar-refractivity contribution in [3.8, 4) is 0 Å². The van der Waals surface area contributed by atoms with E-state index in [4.69, 9.17) is 23.2 Å². The number of hydrogen-bond donors (Lipinski definition) is 2. The Kier molecular flexibility index (Phi) is 5.53. The summed E-state index contributed by atoms with van der Waals surface area (Å²) in [7, 11) is 0. The fourth-order valence-corrected chi connectivity index (χ4v) is 3.69. The monoisotopic (exact) mass is 328 g/mol. The van der Waals surface area contributed by atoms with E-state index in [0.29, 0.717) is 29.1 Å². The van der Waals surface area contributed by atoms with Crippen molar-refractivity contribution < 1.29 is 4.79 Å². The molecule has 1 aromatic rings. The Morgan fingerprint density at radius 2 is 2.05 bits per heavy atom. The Hall–Kier alpha value is -0.770. The van der Waals surface area contributed by atoms with Crippen molar-refractivity contribution in [2.24, 2.45) is 0 Å². The molecule has 2 rings (SSSR count). The van der Waals surface area contributed by atoms with Gasteiger partial charge in [-0.25, -0.2) is 0 Å². The second-order valence-corrected chi connectivity index (χ2v) is 7.07. The van der Waals surface area contributed by atoms with Crippen LogP contribution < -0.4 is 10.6 Å². The third-order valence-corrected chi connectivity index (χ3v) is 4.59. The van der Waals surface area contributed by atoms with Gasteiger partial charge in [0.1, 0.15) is 0 Å². The Bertz CT molecular complexity index is 491. The molecule has 1 saturated heterocycles. The lowest BCUT2D eigenvalue weighted by atomic mass is 9.84. The van der Waals surface area contributed by atoms with Crippen LogP contribution in [0, 0.1) is 0 Å². The summed E-state index contributed by atoms with van der Waals surface area (Å²) in [5.41, 5.74) is 0.571. The van der Waals surface area contributed by atoms with Gasteiger partial charge in [0, 0.05) is 34.5 Å². The number of rotatable bonds is 5. The maximum Gasteiger partial charge on any atom is 0.221 e. The SMILES string of the molecule is CC(C)(CNC(=O)CC1CCCN1)c1c(Cl)cccc1Cl. The largest absolute Gasteiger partial charge is 0.355 e. The Balaban J connectivity index is 1.95. The molecular formula is C16H22Cl2N2O. The molecule has 1 unspecified atom stereocenters. The molecule has 0 spiro atoms. The lowest BCUT2D eigenvalue weighted by Crippen LogP contribution is -2.39. The number of nitrogens with one attached hydrogen (secondary N) is 2. The average molecular weight is 329 g/mol. The molecule has 1 aliphatic rings. The van der Waals surface area contributed by atoms with Crippen molar-refractivity contribution in [3.05, 3.63) is 33.8 Å². The van der Waals surface area contributed by atoms with Crippen LogP contribution in [-0.4, -0.2) is 25.0 Å². The van der Waals surface area contributed by atoms with E-state index in [1.54, 1.807) is 0 Å². The van der Waals surface area contributed by atoms with Gasteiger partial charge in [0.15, 0.2) is 0 Å². The number of hydrogen-bond acceptors (Lipinski definition) is 2. The van der Waals surface area contributed by atoms with Crippen molar-refractivity contribution in [3.63, 3.8) is 0 Å². The van der Waals surface area contributed by atoms with Crippen LogP contribution in [0.3, 0.4) is 0 Å². The van der Waals surface area contributed by atoms with Crippen LogP contribution in [0.15, 0.2) is 18.2 Å². The second kappa shape index (κ2) is 6.99. The molecule has 5 heteroatoms. The summed E-state index contributed by atoms with van der Waals surface area (Å²) in [6.45, 7) is 5.60. The first kappa shape index (κ1) is 16.6. The zero-order valence-corrected chi connectivity index (χ0v) is 14.0. The molecule has 0 bridgehead atoms. The van der Waals surface area contributed by atoms with Gasteiger partial charge in [-0.15, -0.1) is 0 Å². The van der Waals surface area contributed by atoms with Crippen molar-refractivity contribution >= 4 is 29.1 Å². The molecule has 1 atom stereocenters. The zero-order valence-electron chi connectivity index (χ0n) is 12.5. The Morgan fingerprint density at radius 1 is 1.38 bits per heavy atom. The fraction of sp³-hybridized carbons (Fsp3) is 0.562. The number of amides is 1. The van der Waals surface area contributed by atoms with Gasteiger partial charge in [0.25, 0.3) is 0 Å². The highest BCUT2D eigenvalue weighted by Gasteiger charge is 2.27. The summed E-state index contributed by atoms with van der Waals surface area (Å²) in [5.74, 6) is 0.0747. The van der Waals surface area contributed by atoms with E-state index >= 15 is 0 Å². The molecule has 2 N–H and O–H groups in total. The van der Waals surface area contributed by atoms with Crippen molar-refractivity contribution in [1.82, 2.24) is 10.6 Å². The molecule has 116 valence electrons. The lowest BCUT2D eigenvalue weighted by molar-refractivity contribution is -0.121. The minimum atomic E-state index is -0.311.